The van der Waals surface area contributed by atoms with Crippen LogP contribution in [-0.4, -0.2) is 34.6 Å². The molecule has 0 aliphatic carbocycles. The molecule has 0 aliphatic rings. The lowest BCUT2D eigenvalue weighted by molar-refractivity contribution is 0.441. The third-order valence-electron chi connectivity index (χ3n) is 4.48. The van der Waals surface area contributed by atoms with Crippen molar-refractivity contribution in [2.75, 3.05) is 0 Å². The molecule has 0 saturated heterocycles. The lowest BCUT2D eigenvalue weighted by Gasteiger charge is -2.16. The van der Waals surface area contributed by atoms with Gasteiger partial charge in [-0.3, -0.25) is 9.36 Å². The van der Waals surface area contributed by atoms with E-state index >= 15 is 0 Å². The Morgan fingerprint density at radius 3 is 2.82 bits per heavy atom. The van der Waals surface area contributed by atoms with Gasteiger partial charge >= 0.3 is 0 Å². The smallest absolute Gasteiger partial charge is 0.271 e. The highest BCUT2D eigenvalue weighted by Gasteiger charge is 2.25. The van der Waals surface area contributed by atoms with Gasteiger partial charge in [-0.25, -0.2) is 15.0 Å². The van der Waals surface area contributed by atoms with Gasteiger partial charge in [-0.05, 0) is 19.1 Å². The molecule has 4 heterocycles. The summed E-state index contributed by atoms with van der Waals surface area (Å²) in [4.78, 5) is 33.5. The van der Waals surface area contributed by atoms with E-state index in [9.17, 15) is 4.79 Å². The van der Waals surface area contributed by atoms with Crippen LogP contribution in [-0.2, 0) is 0 Å². The SMILES string of the molecule is Cc1noc2nc(C(S)c3ncnc4nc[nH]c34)n(-c3ccccc3)c(=O)c12. The predicted octanol–water partition coefficient (Wildman–Crippen LogP) is 2.37. The lowest BCUT2D eigenvalue weighted by atomic mass is 10.2. The third kappa shape index (κ3) is 2.42. The van der Waals surface area contributed by atoms with E-state index in [0.29, 0.717) is 39.4 Å². The van der Waals surface area contributed by atoms with E-state index in [1.807, 2.05) is 30.3 Å². The zero-order chi connectivity index (χ0) is 19.3. The molecule has 0 bridgehead atoms. The topological polar surface area (TPSA) is 115 Å². The summed E-state index contributed by atoms with van der Waals surface area (Å²) in [5.41, 5.74) is 2.72. The molecule has 10 heteroatoms. The first-order chi connectivity index (χ1) is 13.6. The van der Waals surface area contributed by atoms with Gasteiger partial charge < -0.3 is 9.51 Å². The fourth-order valence-corrected chi connectivity index (χ4v) is 3.54. The highest BCUT2D eigenvalue weighted by Crippen LogP contribution is 2.30. The molecule has 9 nitrogen and oxygen atoms in total. The third-order valence-corrected chi connectivity index (χ3v) is 4.95. The molecule has 138 valence electrons. The van der Waals surface area contributed by atoms with E-state index < -0.39 is 5.25 Å². The maximum atomic E-state index is 13.3. The standard InChI is InChI=1S/C18H13N7O2S/c1-9-11-17(27-24-9)23-16(25(18(11)26)10-5-3-2-4-6-10)14(28)12-13-15(21-7-19-12)22-8-20-13/h2-8,14,28H,1H3,(H,19,20,21,22). The van der Waals surface area contributed by atoms with Gasteiger partial charge in [0.1, 0.15) is 28.3 Å². The average molecular weight is 391 g/mol. The largest absolute Gasteiger partial charge is 0.342 e. The minimum Gasteiger partial charge on any atom is -0.342 e. The number of aromatic nitrogens is 7. The summed E-state index contributed by atoms with van der Waals surface area (Å²) in [5.74, 6) is 0.359. The van der Waals surface area contributed by atoms with E-state index in [-0.39, 0.29) is 11.3 Å². The lowest BCUT2D eigenvalue weighted by Crippen LogP contribution is -2.25. The summed E-state index contributed by atoms with van der Waals surface area (Å²) < 4.78 is 6.77. The molecular weight excluding hydrogens is 378 g/mol. The predicted molar refractivity (Wildman–Crippen MR) is 105 cm³/mol. The summed E-state index contributed by atoms with van der Waals surface area (Å²) in [7, 11) is 0. The number of aryl methyl sites for hydroxylation is 1. The number of hydrogen-bond acceptors (Lipinski definition) is 8. The van der Waals surface area contributed by atoms with Crippen LogP contribution in [0.4, 0.5) is 0 Å². The van der Waals surface area contributed by atoms with Crippen molar-refractivity contribution < 1.29 is 4.52 Å². The molecule has 4 aromatic heterocycles. The fraction of sp³-hybridized carbons (Fsp3) is 0.111. The van der Waals surface area contributed by atoms with Crippen molar-refractivity contribution in [3.63, 3.8) is 0 Å². The number of benzene rings is 1. The van der Waals surface area contributed by atoms with Crippen molar-refractivity contribution >= 4 is 34.9 Å². The van der Waals surface area contributed by atoms with Crippen molar-refractivity contribution in [2.45, 2.75) is 12.2 Å². The van der Waals surface area contributed by atoms with E-state index in [1.54, 1.807) is 6.92 Å². The minimum atomic E-state index is -0.645. The Bertz CT molecular complexity index is 1370. The first-order valence-corrected chi connectivity index (χ1v) is 8.93. The second-order valence-electron chi connectivity index (χ2n) is 6.16. The number of hydrogen-bond donors (Lipinski definition) is 2. The second-order valence-corrected chi connectivity index (χ2v) is 6.67. The first kappa shape index (κ1) is 16.6. The number of fused-ring (bicyclic) bond motifs is 2. The van der Waals surface area contributed by atoms with Crippen molar-refractivity contribution in [3.05, 3.63) is 70.6 Å². The second kappa shape index (κ2) is 6.27. The molecular formula is C18H13N7O2S. The van der Waals surface area contributed by atoms with Crippen LogP contribution in [0.1, 0.15) is 22.5 Å². The van der Waals surface area contributed by atoms with E-state index in [1.165, 1.54) is 17.2 Å². The number of rotatable bonds is 3. The Labute approximate surface area is 162 Å². The molecule has 0 aliphatic heterocycles. The van der Waals surface area contributed by atoms with Crippen LogP contribution in [0, 0.1) is 6.92 Å². The molecule has 5 aromatic rings. The number of para-hydroxylation sites is 1. The van der Waals surface area contributed by atoms with Gasteiger partial charge in [0.25, 0.3) is 11.3 Å². The summed E-state index contributed by atoms with van der Waals surface area (Å²) in [6.45, 7) is 1.71. The molecule has 5 rings (SSSR count). The maximum absolute atomic E-state index is 13.3. The summed E-state index contributed by atoms with van der Waals surface area (Å²) in [5, 5.41) is 3.58. The molecule has 0 amide bonds. The average Bonchev–Trinajstić information content (AvgIpc) is 3.34. The first-order valence-electron chi connectivity index (χ1n) is 8.41. The Morgan fingerprint density at radius 1 is 1.18 bits per heavy atom. The Kier molecular flexibility index (Phi) is 3.72. The quantitative estimate of drug-likeness (QED) is 0.454. The van der Waals surface area contributed by atoms with Crippen LogP contribution < -0.4 is 5.56 Å². The summed E-state index contributed by atoms with van der Waals surface area (Å²) in [6.07, 6.45) is 2.94. The van der Waals surface area contributed by atoms with Crippen molar-refractivity contribution in [3.8, 4) is 5.69 Å². The van der Waals surface area contributed by atoms with Gasteiger partial charge in [0.15, 0.2) is 5.65 Å². The summed E-state index contributed by atoms with van der Waals surface area (Å²) >= 11 is 4.74. The van der Waals surface area contributed by atoms with Crippen LogP contribution in [0.5, 0.6) is 0 Å². The Morgan fingerprint density at radius 2 is 2.00 bits per heavy atom. The normalized spacial score (nSPS) is 12.6. The number of imidazole rings is 1. The molecule has 1 N–H and O–H groups in total. The minimum absolute atomic E-state index is 0.165. The highest BCUT2D eigenvalue weighted by molar-refractivity contribution is 7.80. The molecule has 0 radical (unpaired) electrons. The summed E-state index contributed by atoms with van der Waals surface area (Å²) in [6, 6.07) is 9.23. The number of nitrogens with zero attached hydrogens (tertiary/aromatic N) is 6. The zero-order valence-electron chi connectivity index (χ0n) is 14.6. The molecule has 0 spiro atoms. The van der Waals surface area contributed by atoms with Gasteiger partial charge in [-0.2, -0.15) is 17.6 Å². The van der Waals surface area contributed by atoms with E-state index in [0.717, 1.165) is 0 Å². The van der Waals surface area contributed by atoms with Crippen LogP contribution in [0.2, 0.25) is 0 Å². The number of aromatic amines is 1. The van der Waals surface area contributed by atoms with Gasteiger partial charge in [-0.15, -0.1) is 0 Å². The Balaban J connectivity index is 1.84. The molecule has 1 unspecified atom stereocenters. The van der Waals surface area contributed by atoms with Crippen molar-refractivity contribution in [2.24, 2.45) is 0 Å². The fourth-order valence-electron chi connectivity index (χ4n) is 3.17. The van der Waals surface area contributed by atoms with E-state index in [2.05, 4.69) is 30.1 Å². The van der Waals surface area contributed by atoms with Gasteiger partial charge in [0.2, 0.25) is 0 Å². The zero-order valence-corrected chi connectivity index (χ0v) is 15.5. The number of H-pyrrole nitrogens is 1. The molecule has 0 fully saturated rings. The number of thiol groups is 1. The van der Waals surface area contributed by atoms with Gasteiger partial charge in [0, 0.05) is 0 Å². The van der Waals surface area contributed by atoms with Gasteiger partial charge in [0.05, 0.1) is 23.4 Å². The van der Waals surface area contributed by atoms with Crippen LogP contribution in [0.3, 0.4) is 0 Å². The van der Waals surface area contributed by atoms with Crippen LogP contribution in [0.15, 0.2) is 52.3 Å². The van der Waals surface area contributed by atoms with Crippen molar-refractivity contribution in [1.29, 1.82) is 0 Å². The maximum Gasteiger partial charge on any atom is 0.271 e. The molecule has 1 atom stereocenters. The highest BCUT2D eigenvalue weighted by atomic mass is 32.1. The van der Waals surface area contributed by atoms with Crippen LogP contribution in [0.25, 0.3) is 28.0 Å². The van der Waals surface area contributed by atoms with E-state index in [4.69, 9.17) is 17.2 Å². The Hall–Kier alpha value is -3.53. The van der Waals surface area contributed by atoms with Gasteiger partial charge in [-0.1, -0.05) is 23.4 Å². The molecule has 0 saturated carbocycles. The van der Waals surface area contributed by atoms with Crippen LogP contribution >= 0.6 is 12.6 Å². The van der Waals surface area contributed by atoms with Crippen molar-refractivity contribution in [1.82, 2.24) is 34.6 Å². The number of nitrogens with one attached hydrogen (secondary N) is 1. The monoisotopic (exact) mass is 391 g/mol. The molecule has 1 aromatic carbocycles. The molecule has 28 heavy (non-hydrogen) atoms.